The second kappa shape index (κ2) is 11.1. The molecule has 2 nitrogen and oxygen atoms in total. The Labute approximate surface area is 152 Å². The number of unbranched alkanes of at least 4 members (excludes halogenated alkanes) is 2. The summed E-state index contributed by atoms with van der Waals surface area (Å²) in [6.07, 6.45) is 3.15. The van der Waals surface area contributed by atoms with Gasteiger partial charge in [0.1, 0.15) is 0 Å². The molecule has 1 aliphatic heterocycles. The number of piperazine rings is 1. The van der Waals surface area contributed by atoms with Gasteiger partial charge >= 0.3 is 0 Å². The Morgan fingerprint density at radius 2 is 1.54 bits per heavy atom. The van der Waals surface area contributed by atoms with Gasteiger partial charge in [0.05, 0.1) is 0 Å². The highest BCUT2D eigenvalue weighted by Crippen LogP contribution is 2.33. The SMILES string of the molecule is CCCCC[C@H](c1c(F)c(F)cc(F)c1F)N1CCNCC1.Cl.Cl. The van der Waals surface area contributed by atoms with Gasteiger partial charge < -0.3 is 5.32 Å². The van der Waals surface area contributed by atoms with E-state index in [2.05, 4.69) is 5.32 Å². The number of halogens is 6. The van der Waals surface area contributed by atoms with Crippen molar-refractivity contribution in [1.29, 1.82) is 0 Å². The van der Waals surface area contributed by atoms with Gasteiger partial charge in [-0.25, -0.2) is 17.6 Å². The first-order chi connectivity index (χ1) is 10.6. The lowest BCUT2D eigenvalue weighted by Crippen LogP contribution is -2.45. The second-order valence-electron chi connectivity index (χ2n) is 5.68. The van der Waals surface area contributed by atoms with Crippen molar-refractivity contribution in [3.05, 3.63) is 34.9 Å². The van der Waals surface area contributed by atoms with Crippen LogP contribution < -0.4 is 5.32 Å². The summed E-state index contributed by atoms with van der Waals surface area (Å²) in [6.45, 7) is 4.64. The zero-order valence-electron chi connectivity index (χ0n) is 13.6. The predicted octanol–water partition coefficient (Wildman–Crippen LogP) is 4.61. The molecule has 1 saturated heterocycles. The minimum Gasteiger partial charge on any atom is -0.314 e. The van der Waals surface area contributed by atoms with Crippen LogP contribution in [0.1, 0.15) is 44.2 Å². The van der Waals surface area contributed by atoms with Crippen LogP contribution in [0, 0.1) is 23.3 Å². The summed E-state index contributed by atoms with van der Waals surface area (Å²) < 4.78 is 55.3. The Hall–Kier alpha value is -0.560. The zero-order chi connectivity index (χ0) is 16.1. The Kier molecular flexibility index (Phi) is 10.9. The molecule has 0 aliphatic carbocycles. The van der Waals surface area contributed by atoms with E-state index in [1.807, 2.05) is 11.8 Å². The van der Waals surface area contributed by atoms with Crippen LogP contribution >= 0.6 is 24.8 Å². The average molecular weight is 391 g/mol. The Morgan fingerprint density at radius 1 is 1.00 bits per heavy atom. The molecule has 0 radical (unpaired) electrons. The molecule has 1 aromatic rings. The van der Waals surface area contributed by atoms with Crippen LogP contribution in [0.3, 0.4) is 0 Å². The fraction of sp³-hybridized carbons (Fsp3) is 0.625. The highest BCUT2D eigenvalue weighted by molar-refractivity contribution is 5.85. The molecule has 140 valence electrons. The molecule has 1 N–H and O–H groups in total. The Bertz CT molecular complexity index is 485. The van der Waals surface area contributed by atoms with Crippen LogP contribution in [0.5, 0.6) is 0 Å². The third-order valence-corrected chi connectivity index (χ3v) is 4.15. The van der Waals surface area contributed by atoms with E-state index in [0.29, 0.717) is 32.6 Å². The number of rotatable bonds is 6. The van der Waals surface area contributed by atoms with Crippen LogP contribution in [0.25, 0.3) is 0 Å². The predicted molar refractivity (Wildman–Crippen MR) is 92.1 cm³/mol. The summed E-state index contributed by atoms with van der Waals surface area (Å²) in [6, 6.07) is -0.353. The van der Waals surface area contributed by atoms with Crippen LogP contribution in [0.15, 0.2) is 6.07 Å². The molecule has 8 heteroatoms. The number of hydrogen-bond donors (Lipinski definition) is 1. The lowest BCUT2D eigenvalue weighted by Gasteiger charge is -2.35. The van der Waals surface area contributed by atoms with E-state index in [1.165, 1.54) is 0 Å². The molecule has 1 heterocycles. The molecular formula is C16H24Cl2F4N2. The summed E-state index contributed by atoms with van der Waals surface area (Å²) in [7, 11) is 0. The molecular weight excluding hydrogens is 367 g/mol. The van der Waals surface area contributed by atoms with Gasteiger partial charge in [0.25, 0.3) is 0 Å². The van der Waals surface area contributed by atoms with E-state index in [9.17, 15) is 17.6 Å². The molecule has 0 amide bonds. The third kappa shape index (κ3) is 5.48. The van der Waals surface area contributed by atoms with E-state index in [4.69, 9.17) is 0 Å². The molecule has 0 unspecified atom stereocenters. The van der Waals surface area contributed by atoms with Crippen molar-refractivity contribution in [3.8, 4) is 0 Å². The smallest absolute Gasteiger partial charge is 0.166 e. The Balaban J connectivity index is 0.00000264. The number of hydrogen-bond acceptors (Lipinski definition) is 2. The van der Waals surface area contributed by atoms with Crippen molar-refractivity contribution in [2.45, 2.75) is 38.6 Å². The molecule has 24 heavy (non-hydrogen) atoms. The first-order valence-electron chi connectivity index (χ1n) is 7.84. The summed E-state index contributed by atoms with van der Waals surface area (Å²) in [5.41, 5.74) is -0.462. The molecule has 2 rings (SSSR count). The number of benzene rings is 1. The molecule has 0 saturated carbocycles. The van der Waals surface area contributed by atoms with Crippen molar-refractivity contribution in [3.63, 3.8) is 0 Å². The topological polar surface area (TPSA) is 15.3 Å². The Morgan fingerprint density at radius 3 is 2.04 bits per heavy atom. The van der Waals surface area contributed by atoms with Gasteiger partial charge in [-0.15, -0.1) is 24.8 Å². The summed E-state index contributed by atoms with van der Waals surface area (Å²) >= 11 is 0. The van der Waals surface area contributed by atoms with E-state index >= 15 is 0 Å². The van der Waals surface area contributed by atoms with Crippen molar-refractivity contribution in [2.75, 3.05) is 26.2 Å². The van der Waals surface area contributed by atoms with Crippen molar-refractivity contribution < 1.29 is 17.6 Å². The highest BCUT2D eigenvalue weighted by atomic mass is 35.5. The first kappa shape index (κ1) is 23.4. The van der Waals surface area contributed by atoms with Crippen LogP contribution in [0.2, 0.25) is 0 Å². The molecule has 1 fully saturated rings. The average Bonchev–Trinajstić information content (AvgIpc) is 2.52. The highest BCUT2D eigenvalue weighted by Gasteiger charge is 2.30. The normalized spacial score (nSPS) is 16.2. The van der Waals surface area contributed by atoms with Gasteiger partial charge in [0, 0.05) is 43.9 Å². The summed E-state index contributed by atoms with van der Waals surface area (Å²) in [4.78, 5) is 1.91. The van der Waals surface area contributed by atoms with Gasteiger partial charge in [0.15, 0.2) is 23.3 Å². The van der Waals surface area contributed by atoms with Crippen molar-refractivity contribution in [2.24, 2.45) is 0 Å². The fourth-order valence-corrected chi connectivity index (χ4v) is 2.98. The molecule has 1 atom stereocenters. The van der Waals surface area contributed by atoms with E-state index in [-0.39, 0.29) is 30.9 Å². The third-order valence-electron chi connectivity index (χ3n) is 4.15. The van der Waals surface area contributed by atoms with Crippen LogP contribution in [-0.2, 0) is 0 Å². The summed E-state index contributed by atoms with van der Waals surface area (Å²) in [5.74, 6) is -5.19. The van der Waals surface area contributed by atoms with E-state index < -0.39 is 34.9 Å². The van der Waals surface area contributed by atoms with Gasteiger partial charge in [-0.05, 0) is 6.42 Å². The molecule has 1 aliphatic rings. The lowest BCUT2D eigenvalue weighted by molar-refractivity contribution is 0.154. The van der Waals surface area contributed by atoms with Gasteiger partial charge in [-0.1, -0.05) is 26.2 Å². The number of nitrogens with one attached hydrogen (secondary N) is 1. The van der Waals surface area contributed by atoms with Gasteiger partial charge in [0.2, 0.25) is 0 Å². The van der Waals surface area contributed by atoms with E-state index in [0.717, 1.165) is 19.3 Å². The van der Waals surface area contributed by atoms with Crippen molar-refractivity contribution >= 4 is 24.8 Å². The van der Waals surface area contributed by atoms with Gasteiger partial charge in [-0.3, -0.25) is 4.90 Å². The maximum Gasteiger partial charge on any atom is 0.166 e. The molecule has 0 aromatic heterocycles. The van der Waals surface area contributed by atoms with Crippen LogP contribution in [-0.4, -0.2) is 31.1 Å². The molecule has 0 bridgehead atoms. The first-order valence-corrected chi connectivity index (χ1v) is 7.84. The largest absolute Gasteiger partial charge is 0.314 e. The van der Waals surface area contributed by atoms with Gasteiger partial charge in [-0.2, -0.15) is 0 Å². The van der Waals surface area contributed by atoms with Crippen LogP contribution in [0.4, 0.5) is 17.6 Å². The number of nitrogens with zero attached hydrogens (tertiary/aromatic N) is 1. The minimum atomic E-state index is -1.33. The van der Waals surface area contributed by atoms with Crippen molar-refractivity contribution in [1.82, 2.24) is 10.2 Å². The minimum absolute atomic E-state index is 0. The standard InChI is InChI=1S/C16H22F4N2.2ClH/c1-2-3-4-5-13(22-8-6-21-7-9-22)14-15(19)11(17)10-12(18)16(14)20;;/h10,13,21H,2-9H2,1H3;2*1H/t13-;;/m1../s1. The maximum absolute atomic E-state index is 14.1. The fourth-order valence-electron chi connectivity index (χ4n) is 2.98. The van der Waals surface area contributed by atoms with E-state index in [1.54, 1.807) is 0 Å². The molecule has 1 aromatic carbocycles. The second-order valence-corrected chi connectivity index (χ2v) is 5.68. The quantitative estimate of drug-likeness (QED) is 0.433. The molecule has 0 spiro atoms. The lowest BCUT2D eigenvalue weighted by atomic mass is 9.96. The maximum atomic E-state index is 14.1. The zero-order valence-corrected chi connectivity index (χ0v) is 15.2. The summed E-state index contributed by atoms with van der Waals surface area (Å²) in [5, 5.41) is 3.16. The monoisotopic (exact) mass is 390 g/mol.